The Hall–Kier alpha value is -6.92. The molecule has 0 atom stereocenters. The van der Waals surface area contributed by atoms with E-state index < -0.39 is 16.1 Å². The topological polar surface area (TPSA) is 6.48 Å². The van der Waals surface area contributed by atoms with Crippen LogP contribution in [0.1, 0.15) is 26.3 Å². The SMILES string of the molecule is CC(C)(C)c1cc2c3c(c1)N(c1c(-c4ccccc4)cccc1-c1ccc([Si](C)(C)C)cc1)c1ccccc1B3c1ccccc1N2c1c(-c2ccccc2)cccc1-c1ccc([Si](C)(C)C)cc1. The highest BCUT2D eigenvalue weighted by molar-refractivity contribution is 7.00. The third-order valence-corrected chi connectivity index (χ3v) is 18.7. The normalized spacial score (nSPS) is 13.2. The molecular weight excluding hydrogens is 864 g/mol. The van der Waals surface area contributed by atoms with Gasteiger partial charge in [0, 0.05) is 45.0 Å². The lowest BCUT2D eigenvalue weighted by Gasteiger charge is -2.46. The average molecular weight is 925 g/mol. The van der Waals surface area contributed by atoms with Crippen molar-refractivity contribution in [1.82, 2.24) is 0 Å². The van der Waals surface area contributed by atoms with Crippen molar-refractivity contribution in [3.63, 3.8) is 0 Å². The second-order valence-corrected chi connectivity index (χ2v) is 32.3. The highest BCUT2D eigenvalue weighted by Crippen LogP contribution is 2.53. The molecule has 0 spiro atoms. The summed E-state index contributed by atoms with van der Waals surface area (Å²) in [6.07, 6.45) is 0. The molecule has 2 aliphatic rings. The zero-order chi connectivity index (χ0) is 47.8. The van der Waals surface area contributed by atoms with Crippen molar-refractivity contribution in [1.29, 1.82) is 0 Å². The Kier molecular flexibility index (Phi) is 10.9. The summed E-state index contributed by atoms with van der Waals surface area (Å²) in [6, 6.07) is 78.4. The van der Waals surface area contributed by atoms with Gasteiger partial charge in [0.1, 0.15) is 0 Å². The minimum absolute atomic E-state index is 0.00403. The summed E-state index contributed by atoms with van der Waals surface area (Å²) < 4.78 is 0. The van der Waals surface area contributed by atoms with Crippen LogP contribution in [0.25, 0.3) is 44.5 Å². The summed E-state index contributed by atoms with van der Waals surface area (Å²) in [5, 5.41) is 2.93. The van der Waals surface area contributed by atoms with Crippen LogP contribution in [-0.2, 0) is 5.41 Å². The zero-order valence-electron chi connectivity index (χ0n) is 41.6. The van der Waals surface area contributed by atoms with Gasteiger partial charge in [0.05, 0.1) is 27.5 Å². The van der Waals surface area contributed by atoms with E-state index in [1.165, 1.54) is 111 Å². The Morgan fingerprint density at radius 1 is 0.348 bits per heavy atom. The van der Waals surface area contributed by atoms with Gasteiger partial charge in [-0.25, -0.2) is 0 Å². The number of nitrogens with zero attached hydrogens (tertiary/aromatic N) is 2. The van der Waals surface area contributed by atoms with Crippen LogP contribution in [0, 0.1) is 0 Å². The summed E-state index contributed by atoms with van der Waals surface area (Å²) in [7, 11) is -3.07. The molecule has 2 aliphatic heterocycles. The highest BCUT2D eigenvalue weighted by atomic mass is 28.3. The van der Waals surface area contributed by atoms with E-state index in [-0.39, 0.29) is 12.1 Å². The third-order valence-electron chi connectivity index (χ3n) is 14.6. The van der Waals surface area contributed by atoms with Crippen LogP contribution in [0.15, 0.2) is 206 Å². The lowest BCUT2D eigenvalue weighted by Crippen LogP contribution is -2.61. The zero-order valence-corrected chi connectivity index (χ0v) is 43.6. The lowest BCUT2D eigenvalue weighted by molar-refractivity contribution is 0.590. The fourth-order valence-electron chi connectivity index (χ4n) is 10.8. The summed E-state index contributed by atoms with van der Waals surface area (Å²) in [4.78, 5) is 5.30. The quantitative estimate of drug-likeness (QED) is 0.140. The number of hydrogen-bond acceptors (Lipinski definition) is 2. The van der Waals surface area contributed by atoms with Crippen molar-refractivity contribution in [2.24, 2.45) is 0 Å². The Morgan fingerprint density at radius 2 is 0.681 bits per heavy atom. The predicted molar refractivity (Wildman–Crippen MR) is 307 cm³/mol. The molecule has 0 N–H and O–H groups in total. The molecule has 0 radical (unpaired) electrons. The first-order valence-electron chi connectivity index (χ1n) is 24.7. The van der Waals surface area contributed by atoms with Crippen LogP contribution < -0.4 is 36.6 Å². The van der Waals surface area contributed by atoms with Crippen molar-refractivity contribution >= 4 is 83.7 Å². The van der Waals surface area contributed by atoms with Crippen LogP contribution in [0.2, 0.25) is 39.3 Å². The monoisotopic (exact) mass is 924 g/mol. The van der Waals surface area contributed by atoms with Gasteiger partial charge in [-0.1, -0.05) is 252 Å². The molecule has 2 heterocycles. The number of fused-ring (bicyclic) bond motifs is 4. The van der Waals surface area contributed by atoms with Crippen molar-refractivity contribution in [2.75, 3.05) is 9.80 Å². The molecule has 69 heavy (non-hydrogen) atoms. The van der Waals surface area contributed by atoms with Gasteiger partial charge >= 0.3 is 0 Å². The highest BCUT2D eigenvalue weighted by Gasteiger charge is 2.45. The molecule has 0 saturated heterocycles. The molecule has 11 rings (SSSR count). The van der Waals surface area contributed by atoms with Crippen LogP contribution in [0.3, 0.4) is 0 Å². The molecule has 9 aromatic carbocycles. The standard InChI is InChI=1S/C64H61BN2Si2/c1-64(2,3)48-42-59-61-60(43-48)67(63-52(45-24-14-11-15-25-45)27-21-29-54(63)47-36-40-50(41-37-47)69(7,8)9)58-33-19-17-31-56(58)65(61)55-30-16-18-32-57(55)66(59)62-51(44-22-12-10-13-23-44)26-20-28-53(62)46-34-38-49(39-35-46)68(4,5)6/h10-43H,1-9H3. The Balaban J connectivity index is 1.26. The summed E-state index contributed by atoms with van der Waals surface area (Å²) in [5.41, 5.74) is 22.0. The molecule has 0 aliphatic carbocycles. The molecule has 2 nitrogen and oxygen atoms in total. The van der Waals surface area contributed by atoms with Crippen LogP contribution >= 0.6 is 0 Å². The maximum atomic E-state index is 2.65. The van der Waals surface area contributed by atoms with Gasteiger partial charge in [0.2, 0.25) is 0 Å². The van der Waals surface area contributed by atoms with E-state index in [4.69, 9.17) is 0 Å². The van der Waals surface area contributed by atoms with Crippen LogP contribution in [-0.4, -0.2) is 22.9 Å². The van der Waals surface area contributed by atoms with Gasteiger partial charge < -0.3 is 9.80 Å². The minimum atomic E-state index is -1.54. The van der Waals surface area contributed by atoms with E-state index >= 15 is 0 Å². The fourth-order valence-corrected chi connectivity index (χ4v) is 13.2. The van der Waals surface area contributed by atoms with E-state index in [0.29, 0.717) is 0 Å². The lowest BCUT2D eigenvalue weighted by atomic mass is 9.33. The van der Waals surface area contributed by atoms with Gasteiger partial charge in [0.25, 0.3) is 6.71 Å². The number of para-hydroxylation sites is 4. The van der Waals surface area contributed by atoms with Crippen molar-refractivity contribution < 1.29 is 0 Å². The van der Waals surface area contributed by atoms with E-state index in [2.05, 4.69) is 276 Å². The molecule has 5 heteroatoms. The van der Waals surface area contributed by atoms with E-state index in [1.54, 1.807) is 0 Å². The predicted octanol–water partition coefficient (Wildman–Crippen LogP) is 14.8. The molecule has 0 bridgehead atoms. The van der Waals surface area contributed by atoms with Gasteiger partial charge in [0.15, 0.2) is 0 Å². The maximum absolute atomic E-state index is 2.65. The molecule has 0 aromatic heterocycles. The fraction of sp³-hybridized carbons (Fsp3) is 0.156. The summed E-state index contributed by atoms with van der Waals surface area (Å²) in [5.74, 6) is 0. The number of anilines is 6. The van der Waals surface area contributed by atoms with E-state index in [1.807, 2.05) is 0 Å². The molecule has 0 unspecified atom stereocenters. The molecule has 0 saturated carbocycles. The third kappa shape index (κ3) is 7.82. The van der Waals surface area contributed by atoms with Gasteiger partial charge in [-0.2, -0.15) is 0 Å². The average Bonchev–Trinajstić information content (AvgIpc) is 3.35. The van der Waals surface area contributed by atoms with Gasteiger partial charge in [-0.15, -0.1) is 0 Å². The Labute approximate surface area is 413 Å². The van der Waals surface area contributed by atoms with Crippen LogP contribution in [0.5, 0.6) is 0 Å². The second-order valence-electron chi connectivity index (χ2n) is 22.2. The van der Waals surface area contributed by atoms with Crippen LogP contribution in [0.4, 0.5) is 34.1 Å². The first kappa shape index (κ1) is 44.6. The number of rotatable bonds is 8. The molecule has 9 aromatic rings. The van der Waals surface area contributed by atoms with Crippen molar-refractivity contribution in [3.05, 3.63) is 212 Å². The largest absolute Gasteiger partial charge is 0.310 e. The number of benzene rings is 9. The Bertz CT molecular complexity index is 3160. The summed E-state index contributed by atoms with van der Waals surface area (Å²) >= 11 is 0. The molecular formula is C64H61BN2Si2. The molecule has 338 valence electrons. The molecule has 0 amide bonds. The first-order valence-corrected chi connectivity index (χ1v) is 31.7. The van der Waals surface area contributed by atoms with Gasteiger partial charge in [-0.3, -0.25) is 0 Å². The molecule has 0 fully saturated rings. The first-order chi connectivity index (χ1) is 33.2. The van der Waals surface area contributed by atoms with Crippen molar-refractivity contribution in [2.45, 2.75) is 65.5 Å². The van der Waals surface area contributed by atoms with Crippen molar-refractivity contribution in [3.8, 4) is 44.5 Å². The van der Waals surface area contributed by atoms with E-state index in [0.717, 1.165) is 0 Å². The summed E-state index contributed by atoms with van der Waals surface area (Å²) in [6.45, 7) is 21.7. The maximum Gasteiger partial charge on any atom is 0.252 e. The smallest absolute Gasteiger partial charge is 0.252 e. The van der Waals surface area contributed by atoms with E-state index in [9.17, 15) is 0 Å². The van der Waals surface area contributed by atoms with Gasteiger partial charge in [-0.05, 0) is 73.9 Å². The minimum Gasteiger partial charge on any atom is -0.310 e. The second kappa shape index (κ2) is 16.9. The number of hydrogen-bond donors (Lipinski definition) is 0. The Morgan fingerprint density at radius 3 is 1.03 bits per heavy atom.